The highest BCUT2D eigenvalue weighted by atomic mass is 16.5. The Morgan fingerprint density at radius 3 is 2.35 bits per heavy atom. The summed E-state index contributed by atoms with van der Waals surface area (Å²) in [7, 11) is 4.78. The van der Waals surface area contributed by atoms with Crippen molar-refractivity contribution in [2.24, 2.45) is 0 Å². The molecule has 3 aromatic rings. The van der Waals surface area contributed by atoms with Crippen LogP contribution in [0.4, 0.5) is 5.69 Å². The highest BCUT2D eigenvalue weighted by molar-refractivity contribution is 5.59. The lowest BCUT2D eigenvalue weighted by Crippen LogP contribution is -2.35. The molecule has 0 saturated heterocycles. The summed E-state index contributed by atoms with van der Waals surface area (Å²) in [6.45, 7) is 1.97. The van der Waals surface area contributed by atoms with E-state index in [1.54, 1.807) is 33.5 Å². The molecule has 0 fully saturated rings. The van der Waals surface area contributed by atoms with Crippen molar-refractivity contribution in [1.29, 1.82) is 0 Å². The van der Waals surface area contributed by atoms with Gasteiger partial charge in [-0.3, -0.25) is 9.69 Å². The Balaban J connectivity index is 1.57. The van der Waals surface area contributed by atoms with Crippen LogP contribution in [0.3, 0.4) is 0 Å². The lowest BCUT2D eigenvalue weighted by atomic mass is 10.0. The molecule has 2 aromatic carbocycles. The minimum Gasteiger partial charge on any atom is -0.493 e. The van der Waals surface area contributed by atoms with Crippen molar-refractivity contribution in [3.8, 4) is 28.6 Å². The van der Waals surface area contributed by atoms with Crippen molar-refractivity contribution in [3.63, 3.8) is 0 Å². The molecule has 0 unspecified atom stereocenters. The Morgan fingerprint density at radius 1 is 1.06 bits per heavy atom. The molecule has 1 aliphatic rings. The third kappa shape index (κ3) is 4.20. The van der Waals surface area contributed by atoms with Gasteiger partial charge in [-0.2, -0.15) is 0 Å². The van der Waals surface area contributed by atoms with Gasteiger partial charge in [-0.05, 0) is 42.0 Å². The van der Waals surface area contributed by atoms with Gasteiger partial charge in [0, 0.05) is 37.3 Å². The van der Waals surface area contributed by atoms with Gasteiger partial charge in [0.15, 0.2) is 11.5 Å². The van der Waals surface area contributed by atoms with Gasteiger partial charge in [0.1, 0.15) is 5.82 Å². The van der Waals surface area contributed by atoms with E-state index in [1.165, 1.54) is 0 Å². The molecule has 162 valence electrons. The Labute approximate surface area is 180 Å². The van der Waals surface area contributed by atoms with Gasteiger partial charge in [0.25, 0.3) is 5.56 Å². The van der Waals surface area contributed by atoms with Crippen molar-refractivity contribution >= 4 is 5.69 Å². The maximum absolute atomic E-state index is 12.8. The molecule has 0 bridgehead atoms. The summed E-state index contributed by atoms with van der Waals surface area (Å²) in [5, 5.41) is 0. The normalized spacial score (nSPS) is 13.5. The summed E-state index contributed by atoms with van der Waals surface area (Å²) < 4.78 is 16.3. The molecule has 0 aliphatic carbocycles. The molecule has 2 heterocycles. The van der Waals surface area contributed by atoms with Crippen LogP contribution in [-0.2, 0) is 19.5 Å². The molecular formula is C23H26N4O4. The fourth-order valence-electron chi connectivity index (χ4n) is 3.88. The van der Waals surface area contributed by atoms with Crippen LogP contribution in [0.15, 0.2) is 41.2 Å². The van der Waals surface area contributed by atoms with E-state index in [4.69, 9.17) is 24.9 Å². The van der Waals surface area contributed by atoms with Crippen LogP contribution in [0, 0.1) is 0 Å². The summed E-state index contributed by atoms with van der Waals surface area (Å²) in [4.78, 5) is 22.6. The number of nitrogens with zero attached hydrogens (tertiary/aromatic N) is 2. The summed E-state index contributed by atoms with van der Waals surface area (Å²) in [6.07, 6.45) is 0.700. The first-order valence-corrected chi connectivity index (χ1v) is 10.0. The minimum atomic E-state index is -0.105. The average molecular weight is 422 g/mol. The quantitative estimate of drug-likeness (QED) is 0.589. The number of aromatic nitrogens is 2. The molecule has 4 rings (SSSR count). The second-order valence-corrected chi connectivity index (χ2v) is 7.46. The summed E-state index contributed by atoms with van der Waals surface area (Å²) in [6, 6.07) is 11.2. The maximum Gasteiger partial charge on any atom is 0.255 e. The van der Waals surface area contributed by atoms with Gasteiger partial charge in [-0.1, -0.05) is 0 Å². The van der Waals surface area contributed by atoms with Crippen LogP contribution >= 0.6 is 0 Å². The first-order valence-electron chi connectivity index (χ1n) is 10.0. The monoisotopic (exact) mass is 422 g/mol. The summed E-state index contributed by atoms with van der Waals surface area (Å²) >= 11 is 0. The van der Waals surface area contributed by atoms with E-state index in [0.717, 1.165) is 23.4 Å². The Morgan fingerprint density at radius 2 is 1.74 bits per heavy atom. The maximum atomic E-state index is 12.8. The number of nitrogens with two attached hydrogens (primary N) is 1. The van der Waals surface area contributed by atoms with Crippen molar-refractivity contribution in [1.82, 2.24) is 14.9 Å². The number of H-pyrrole nitrogens is 1. The number of fused-ring (bicyclic) bond motifs is 1. The van der Waals surface area contributed by atoms with Crippen LogP contribution in [0.5, 0.6) is 17.2 Å². The highest BCUT2D eigenvalue weighted by Crippen LogP contribution is 2.38. The van der Waals surface area contributed by atoms with E-state index in [2.05, 4.69) is 9.88 Å². The minimum absolute atomic E-state index is 0.105. The highest BCUT2D eigenvalue weighted by Gasteiger charge is 2.23. The lowest BCUT2D eigenvalue weighted by Gasteiger charge is -2.28. The standard InChI is InChI=1S/C23H26N4O4/c1-29-19-10-14(11-20(30-2)21(19)31-3)12-27-9-8-18-17(13-27)23(28)26-22(25-18)15-4-6-16(24)7-5-15/h4-7,10-11H,8-9,12-13,24H2,1-3H3,(H,25,26,28). The number of ether oxygens (including phenoxy) is 3. The molecule has 0 amide bonds. The topological polar surface area (TPSA) is 103 Å². The zero-order valence-electron chi connectivity index (χ0n) is 17.9. The van der Waals surface area contributed by atoms with Gasteiger partial charge < -0.3 is 24.9 Å². The SMILES string of the molecule is COc1cc(CN2CCc3nc(-c4ccc(N)cc4)[nH]c(=O)c3C2)cc(OC)c1OC. The summed E-state index contributed by atoms with van der Waals surface area (Å²) in [5.41, 5.74) is 9.73. The van der Waals surface area contributed by atoms with Crippen molar-refractivity contribution in [3.05, 3.63) is 63.6 Å². The third-order valence-electron chi connectivity index (χ3n) is 5.46. The Bertz CT molecular complexity index is 1120. The van der Waals surface area contributed by atoms with Gasteiger partial charge in [-0.15, -0.1) is 0 Å². The second kappa shape index (κ2) is 8.69. The molecular weight excluding hydrogens is 396 g/mol. The van der Waals surface area contributed by atoms with Crippen LogP contribution < -0.4 is 25.5 Å². The predicted octanol–water partition coefficient (Wildman–Crippen LogP) is 2.60. The lowest BCUT2D eigenvalue weighted by molar-refractivity contribution is 0.240. The van der Waals surface area contributed by atoms with Crippen molar-refractivity contribution in [2.75, 3.05) is 33.6 Å². The van der Waals surface area contributed by atoms with E-state index in [1.807, 2.05) is 24.3 Å². The van der Waals surface area contributed by atoms with Crippen LogP contribution in [0.25, 0.3) is 11.4 Å². The van der Waals surface area contributed by atoms with Crippen molar-refractivity contribution in [2.45, 2.75) is 19.5 Å². The Kier molecular flexibility index (Phi) is 5.81. The van der Waals surface area contributed by atoms with E-state index in [-0.39, 0.29) is 5.56 Å². The zero-order chi connectivity index (χ0) is 22.0. The van der Waals surface area contributed by atoms with Gasteiger partial charge >= 0.3 is 0 Å². The number of hydrogen-bond acceptors (Lipinski definition) is 7. The first-order chi connectivity index (χ1) is 15.0. The van der Waals surface area contributed by atoms with Gasteiger partial charge in [0.2, 0.25) is 5.75 Å². The van der Waals surface area contributed by atoms with E-state index >= 15 is 0 Å². The average Bonchev–Trinajstić information content (AvgIpc) is 2.79. The van der Waals surface area contributed by atoms with E-state index < -0.39 is 0 Å². The van der Waals surface area contributed by atoms with Crippen molar-refractivity contribution < 1.29 is 14.2 Å². The molecule has 31 heavy (non-hydrogen) atoms. The number of methoxy groups -OCH3 is 3. The van der Waals surface area contributed by atoms with Gasteiger partial charge in [-0.25, -0.2) is 4.98 Å². The van der Waals surface area contributed by atoms with E-state index in [9.17, 15) is 4.79 Å². The van der Waals surface area contributed by atoms with Gasteiger partial charge in [0.05, 0.1) is 32.6 Å². The number of rotatable bonds is 6. The van der Waals surface area contributed by atoms with Crippen LogP contribution in [0.2, 0.25) is 0 Å². The predicted molar refractivity (Wildman–Crippen MR) is 119 cm³/mol. The number of nitrogens with one attached hydrogen (secondary N) is 1. The number of nitrogen functional groups attached to an aromatic ring is 1. The molecule has 0 spiro atoms. The number of aromatic amines is 1. The second-order valence-electron chi connectivity index (χ2n) is 7.46. The van der Waals surface area contributed by atoms with Crippen LogP contribution in [-0.4, -0.2) is 42.7 Å². The molecule has 0 radical (unpaired) electrons. The molecule has 3 N–H and O–H groups in total. The molecule has 1 aliphatic heterocycles. The van der Waals surface area contributed by atoms with E-state index in [0.29, 0.717) is 53.8 Å². The Hall–Kier alpha value is -3.52. The van der Waals surface area contributed by atoms with Crippen LogP contribution in [0.1, 0.15) is 16.8 Å². The smallest absolute Gasteiger partial charge is 0.255 e. The molecule has 1 aromatic heterocycles. The molecule has 0 atom stereocenters. The summed E-state index contributed by atoms with van der Waals surface area (Å²) in [5.74, 6) is 2.36. The molecule has 8 heteroatoms. The fraction of sp³-hybridized carbons (Fsp3) is 0.304. The molecule has 8 nitrogen and oxygen atoms in total. The largest absolute Gasteiger partial charge is 0.493 e. The number of anilines is 1. The number of benzene rings is 2. The molecule has 0 saturated carbocycles. The third-order valence-corrected chi connectivity index (χ3v) is 5.46. The fourth-order valence-corrected chi connectivity index (χ4v) is 3.88. The zero-order valence-corrected chi connectivity index (χ0v) is 17.9. The number of hydrogen-bond donors (Lipinski definition) is 2. The first kappa shape index (κ1) is 20.7.